The van der Waals surface area contributed by atoms with Crippen molar-refractivity contribution >= 4 is 28.3 Å². The second-order valence-corrected chi connectivity index (χ2v) is 6.71. The van der Waals surface area contributed by atoms with Crippen molar-refractivity contribution in [2.24, 2.45) is 0 Å². The number of aromatic nitrogens is 3. The average molecular weight is 353 g/mol. The lowest BCUT2D eigenvalue weighted by Crippen LogP contribution is -1.95. The Morgan fingerprint density at radius 1 is 1.12 bits per heavy atom. The molecule has 0 fully saturated rings. The fraction of sp³-hybridized carbons (Fsp3) is 0.158. The molecule has 4 aromatic rings. The predicted molar refractivity (Wildman–Crippen MR) is 97.7 cm³/mol. The highest BCUT2D eigenvalue weighted by molar-refractivity contribution is 7.98. The molecule has 0 saturated carbocycles. The van der Waals surface area contributed by atoms with Crippen molar-refractivity contribution in [2.45, 2.75) is 17.8 Å². The maximum absolute atomic E-state index is 13.9. The minimum Gasteiger partial charge on any atom is -0.497 e. The molecule has 6 heteroatoms. The van der Waals surface area contributed by atoms with E-state index in [1.54, 1.807) is 19.2 Å². The topological polar surface area (TPSA) is 39.4 Å². The van der Waals surface area contributed by atoms with Gasteiger partial charge in [-0.15, -0.1) is 10.2 Å². The highest BCUT2D eigenvalue weighted by Crippen LogP contribution is 2.30. The van der Waals surface area contributed by atoms with Crippen LogP contribution in [0.15, 0.2) is 53.7 Å². The fourth-order valence-corrected chi connectivity index (χ4v) is 3.82. The van der Waals surface area contributed by atoms with E-state index in [0.29, 0.717) is 11.3 Å². The van der Waals surface area contributed by atoms with Crippen molar-refractivity contribution in [1.29, 1.82) is 0 Å². The number of rotatable bonds is 4. The first-order valence-corrected chi connectivity index (χ1v) is 8.84. The smallest absolute Gasteiger partial charge is 0.196 e. The Morgan fingerprint density at radius 2 is 1.96 bits per heavy atom. The minimum absolute atomic E-state index is 0.203. The summed E-state index contributed by atoms with van der Waals surface area (Å²) in [6.45, 7) is 2.05. The van der Waals surface area contributed by atoms with Gasteiger partial charge in [0.05, 0.1) is 12.6 Å². The molecule has 0 aliphatic carbocycles. The molecule has 2 heterocycles. The van der Waals surface area contributed by atoms with Crippen LogP contribution in [0.1, 0.15) is 11.1 Å². The van der Waals surface area contributed by atoms with Gasteiger partial charge in [-0.05, 0) is 42.3 Å². The highest BCUT2D eigenvalue weighted by atomic mass is 32.2. The van der Waals surface area contributed by atoms with Crippen molar-refractivity contribution in [2.75, 3.05) is 7.11 Å². The average Bonchev–Trinajstić information content (AvgIpc) is 3.03. The Morgan fingerprint density at radius 3 is 2.76 bits per heavy atom. The van der Waals surface area contributed by atoms with Crippen LogP contribution in [-0.4, -0.2) is 21.7 Å². The lowest BCUT2D eigenvalue weighted by molar-refractivity contribution is 0.415. The number of nitrogens with zero attached hydrogens (tertiary/aromatic N) is 3. The highest BCUT2D eigenvalue weighted by Gasteiger charge is 2.13. The summed E-state index contributed by atoms with van der Waals surface area (Å²) in [6.07, 6.45) is 0. The quantitative estimate of drug-likeness (QED) is 0.502. The van der Waals surface area contributed by atoms with Crippen LogP contribution in [0.25, 0.3) is 16.6 Å². The van der Waals surface area contributed by atoms with E-state index >= 15 is 0 Å². The van der Waals surface area contributed by atoms with Crippen LogP contribution >= 0.6 is 11.8 Å². The molecular formula is C19H16FN3OS. The van der Waals surface area contributed by atoms with E-state index in [9.17, 15) is 4.39 Å². The predicted octanol–water partition coefficient (Wildman–Crippen LogP) is 4.63. The molecule has 2 aromatic carbocycles. The Kier molecular flexibility index (Phi) is 4.05. The summed E-state index contributed by atoms with van der Waals surface area (Å²) >= 11 is 1.47. The van der Waals surface area contributed by atoms with E-state index in [-0.39, 0.29) is 5.82 Å². The molecule has 0 radical (unpaired) electrons. The zero-order valence-electron chi connectivity index (χ0n) is 13.9. The molecule has 0 N–H and O–H groups in total. The third-order valence-electron chi connectivity index (χ3n) is 4.19. The van der Waals surface area contributed by atoms with Crippen molar-refractivity contribution in [3.63, 3.8) is 0 Å². The first-order chi connectivity index (χ1) is 12.2. The van der Waals surface area contributed by atoms with E-state index in [1.807, 2.05) is 34.7 Å². The summed E-state index contributed by atoms with van der Waals surface area (Å²) in [5.74, 6) is 1.07. The normalized spacial score (nSPS) is 11.3. The maximum Gasteiger partial charge on any atom is 0.196 e. The molecule has 126 valence electrons. The van der Waals surface area contributed by atoms with E-state index in [1.165, 1.54) is 17.8 Å². The van der Waals surface area contributed by atoms with Gasteiger partial charge in [-0.1, -0.05) is 30.0 Å². The van der Waals surface area contributed by atoms with Crippen molar-refractivity contribution in [1.82, 2.24) is 14.6 Å². The van der Waals surface area contributed by atoms with Crippen LogP contribution in [-0.2, 0) is 5.75 Å². The van der Waals surface area contributed by atoms with Crippen LogP contribution in [0.5, 0.6) is 5.75 Å². The first kappa shape index (κ1) is 15.9. The van der Waals surface area contributed by atoms with Crippen LogP contribution < -0.4 is 4.74 Å². The van der Waals surface area contributed by atoms with Gasteiger partial charge in [0.1, 0.15) is 11.6 Å². The molecule has 0 aliphatic rings. The van der Waals surface area contributed by atoms with E-state index in [4.69, 9.17) is 4.74 Å². The van der Waals surface area contributed by atoms with Crippen molar-refractivity contribution in [3.8, 4) is 5.75 Å². The third-order valence-corrected chi connectivity index (χ3v) is 5.17. The Hall–Kier alpha value is -2.60. The number of hydrogen-bond acceptors (Lipinski definition) is 4. The number of benzene rings is 2. The summed E-state index contributed by atoms with van der Waals surface area (Å²) in [5, 5.41) is 10.4. The van der Waals surface area contributed by atoms with Gasteiger partial charge in [-0.2, -0.15) is 0 Å². The van der Waals surface area contributed by atoms with Gasteiger partial charge in [0.15, 0.2) is 10.8 Å². The lowest BCUT2D eigenvalue weighted by atomic mass is 10.1. The molecule has 0 aliphatic heterocycles. The number of ether oxygens (including phenoxy) is 1. The Balaban J connectivity index is 1.82. The second-order valence-electron chi connectivity index (χ2n) is 5.77. The van der Waals surface area contributed by atoms with Crippen molar-refractivity contribution in [3.05, 3.63) is 65.5 Å². The second kappa shape index (κ2) is 6.37. The van der Waals surface area contributed by atoms with E-state index < -0.39 is 0 Å². The lowest BCUT2D eigenvalue weighted by Gasteiger charge is -2.09. The summed E-state index contributed by atoms with van der Waals surface area (Å²) in [6, 6.07) is 14.8. The third kappa shape index (κ3) is 2.82. The molecular weight excluding hydrogens is 337 g/mol. The van der Waals surface area contributed by atoms with Gasteiger partial charge in [0.2, 0.25) is 0 Å². The number of thioether (sulfide) groups is 1. The van der Waals surface area contributed by atoms with Crippen LogP contribution in [0.3, 0.4) is 0 Å². The molecule has 0 bridgehead atoms. The molecule has 25 heavy (non-hydrogen) atoms. The van der Waals surface area contributed by atoms with Crippen LogP contribution in [0.2, 0.25) is 0 Å². The number of methoxy groups -OCH3 is 1. The molecule has 2 aromatic heterocycles. The van der Waals surface area contributed by atoms with Crippen molar-refractivity contribution < 1.29 is 9.13 Å². The molecule has 0 spiro atoms. The van der Waals surface area contributed by atoms with Gasteiger partial charge >= 0.3 is 0 Å². The molecule has 4 rings (SSSR count). The Labute approximate surface area is 148 Å². The summed E-state index contributed by atoms with van der Waals surface area (Å²) in [4.78, 5) is 0. The van der Waals surface area contributed by atoms with Gasteiger partial charge in [0.25, 0.3) is 0 Å². The SMILES string of the molecule is COc1ccc2c(C)cc3nnc(SCc4ccccc4F)n3c2c1. The van der Waals surface area contributed by atoms with Gasteiger partial charge < -0.3 is 4.74 Å². The summed E-state index contributed by atoms with van der Waals surface area (Å²) in [7, 11) is 1.65. The van der Waals surface area contributed by atoms with Gasteiger partial charge in [-0.3, -0.25) is 4.40 Å². The molecule has 4 nitrogen and oxygen atoms in total. The number of pyridine rings is 1. The Bertz CT molecular complexity index is 1080. The minimum atomic E-state index is -0.203. The van der Waals surface area contributed by atoms with Gasteiger partial charge in [0, 0.05) is 17.2 Å². The zero-order valence-corrected chi connectivity index (χ0v) is 14.7. The fourth-order valence-electron chi connectivity index (χ4n) is 2.88. The zero-order chi connectivity index (χ0) is 17.4. The first-order valence-electron chi connectivity index (χ1n) is 7.86. The standard InChI is InChI=1S/C19H16FN3OS/c1-12-9-18-21-22-19(25-11-13-5-3-4-6-16(13)20)23(18)17-10-14(24-2)7-8-15(12)17/h3-10H,11H2,1-2H3. The van der Waals surface area contributed by atoms with Crippen LogP contribution in [0.4, 0.5) is 4.39 Å². The summed E-state index contributed by atoms with van der Waals surface area (Å²) in [5.41, 5.74) is 3.53. The maximum atomic E-state index is 13.9. The number of aryl methyl sites for hydroxylation is 1. The summed E-state index contributed by atoms with van der Waals surface area (Å²) < 4.78 is 21.2. The van der Waals surface area contributed by atoms with E-state index in [0.717, 1.165) is 33.0 Å². The van der Waals surface area contributed by atoms with Crippen LogP contribution in [0, 0.1) is 12.7 Å². The molecule has 0 saturated heterocycles. The van der Waals surface area contributed by atoms with E-state index in [2.05, 4.69) is 17.1 Å². The molecule has 0 unspecified atom stereocenters. The monoisotopic (exact) mass is 353 g/mol. The number of fused-ring (bicyclic) bond motifs is 3. The van der Waals surface area contributed by atoms with Gasteiger partial charge in [-0.25, -0.2) is 4.39 Å². The largest absolute Gasteiger partial charge is 0.497 e. The number of halogens is 1. The molecule has 0 atom stereocenters. The molecule has 0 amide bonds. The number of hydrogen-bond donors (Lipinski definition) is 0.